The minimum Gasteiger partial charge on any atom is -0.322 e. The van der Waals surface area contributed by atoms with Gasteiger partial charge in [0.25, 0.3) is 0 Å². The lowest BCUT2D eigenvalue weighted by molar-refractivity contribution is 0.409. The van der Waals surface area contributed by atoms with Gasteiger partial charge in [-0.3, -0.25) is 4.57 Å². The van der Waals surface area contributed by atoms with Gasteiger partial charge in [-0.05, 0) is 7.05 Å². The molecule has 5 heteroatoms. The van der Waals surface area contributed by atoms with E-state index in [1.165, 1.54) is 4.67 Å². The third-order valence-corrected chi connectivity index (χ3v) is 2.98. The molecule has 0 aromatic heterocycles. The lowest BCUT2D eigenvalue weighted by Crippen LogP contribution is -2.09. The van der Waals surface area contributed by atoms with Crippen LogP contribution in [0, 0.1) is 0 Å². The van der Waals surface area contributed by atoms with Crippen molar-refractivity contribution in [1.29, 1.82) is 0 Å². The number of hydrogen-bond acceptors (Lipinski definition) is 1. The van der Waals surface area contributed by atoms with E-state index in [4.69, 9.17) is 4.89 Å². The molecule has 0 radical (unpaired) electrons. The minimum absolute atomic E-state index is 0.615. The van der Waals surface area contributed by atoms with Gasteiger partial charge in [0.2, 0.25) is 0 Å². The molecule has 1 atom stereocenters. The van der Waals surface area contributed by atoms with Crippen molar-refractivity contribution in [3.63, 3.8) is 0 Å². The molecule has 48 valence electrons. The van der Waals surface area contributed by atoms with Gasteiger partial charge in [0, 0.05) is 13.1 Å². The van der Waals surface area contributed by atoms with Crippen LogP contribution >= 0.6 is 7.67 Å². The highest BCUT2D eigenvalue weighted by Gasteiger charge is 2.28. The Balaban J connectivity index is 2.69. The van der Waals surface area contributed by atoms with Crippen LogP contribution in [-0.4, -0.2) is 29.7 Å². The molecule has 1 unspecified atom stereocenters. The zero-order valence-corrected chi connectivity index (χ0v) is 5.56. The van der Waals surface area contributed by atoms with Crippen LogP contribution in [0.3, 0.4) is 0 Å². The van der Waals surface area contributed by atoms with Crippen molar-refractivity contribution < 1.29 is 9.46 Å². The molecule has 0 aromatic rings. The molecular weight excluding hydrogens is 127 g/mol. The Morgan fingerprint density at radius 3 is 2.62 bits per heavy atom. The smallest absolute Gasteiger partial charge is 0.322 e. The van der Waals surface area contributed by atoms with Crippen LogP contribution < -0.4 is 5.09 Å². The third kappa shape index (κ3) is 0.928. The summed E-state index contributed by atoms with van der Waals surface area (Å²) in [5.74, 6) is 0. The van der Waals surface area contributed by atoms with Crippen molar-refractivity contribution in [2.75, 3.05) is 20.1 Å². The fourth-order valence-electron chi connectivity index (χ4n) is 0.614. The summed E-state index contributed by atoms with van der Waals surface area (Å²) in [5, 5.41) is 2.48. The molecule has 0 aliphatic carbocycles. The standard InChI is InChI=1S/C3H9N2O2P/c1-5-3-2-4-8(5,6)7/h2-3H2,1H3,(H2,4,6,7). The molecule has 1 aliphatic heterocycles. The lowest BCUT2D eigenvalue weighted by Gasteiger charge is -2.10. The average molecular weight is 136 g/mol. The van der Waals surface area contributed by atoms with Crippen molar-refractivity contribution in [2.24, 2.45) is 0 Å². The zero-order chi connectivity index (χ0) is 6.20. The Morgan fingerprint density at radius 1 is 1.88 bits per heavy atom. The van der Waals surface area contributed by atoms with E-state index in [0.29, 0.717) is 13.1 Å². The third-order valence-electron chi connectivity index (χ3n) is 1.22. The maximum absolute atomic E-state index is 10.7. The van der Waals surface area contributed by atoms with Crippen molar-refractivity contribution in [1.82, 2.24) is 9.76 Å². The van der Waals surface area contributed by atoms with E-state index in [1.807, 2.05) is 0 Å². The predicted octanol–water partition coefficient (Wildman–Crippen LogP) is -0.378. The molecule has 4 nitrogen and oxygen atoms in total. The Morgan fingerprint density at radius 2 is 2.50 bits per heavy atom. The number of hydrogen-bond donors (Lipinski definition) is 2. The summed E-state index contributed by atoms with van der Waals surface area (Å²) in [6, 6.07) is 0. The summed E-state index contributed by atoms with van der Waals surface area (Å²) in [5.41, 5.74) is 0. The van der Waals surface area contributed by atoms with Gasteiger partial charge < -0.3 is 4.89 Å². The van der Waals surface area contributed by atoms with Crippen molar-refractivity contribution >= 4 is 7.67 Å². The van der Waals surface area contributed by atoms with Gasteiger partial charge in [-0.25, -0.2) is 9.76 Å². The second kappa shape index (κ2) is 1.81. The fourth-order valence-corrected chi connectivity index (χ4v) is 1.62. The largest absolute Gasteiger partial charge is 0.340 e. The number of likely N-dealkylation sites (N-methyl/N-ethyl adjacent to an activating group) is 1. The van der Waals surface area contributed by atoms with E-state index in [-0.39, 0.29) is 0 Å². The van der Waals surface area contributed by atoms with Gasteiger partial charge in [0.1, 0.15) is 0 Å². The molecule has 0 amide bonds. The van der Waals surface area contributed by atoms with E-state index < -0.39 is 7.67 Å². The summed E-state index contributed by atoms with van der Waals surface area (Å²) in [7, 11) is -1.43. The summed E-state index contributed by atoms with van der Waals surface area (Å²) >= 11 is 0. The molecule has 1 saturated heterocycles. The van der Waals surface area contributed by atoms with Crippen LogP contribution in [0.15, 0.2) is 0 Å². The Bertz CT molecular complexity index is 137. The normalized spacial score (nSPS) is 40.8. The maximum atomic E-state index is 10.7. The van der Waals surface area contributed by atoms with Crippen LogP contribution in [0.25, 0.3) is 0 Å². The second-order valence-corrected chi connectivity index (χ2v) is 3.92. The first-order chi connectivity index (χ1) is 3.63. The molecule has 1 heterocycles. The number of rotatable bonds is 0. The van der Waals surface area contributed by atoms with Crippen LogP contribution in [0.1, 0.15) is 0 Å². The van der Waals surface area contributed by atoms with Crippen LogP contribution in [0.2, 0.25) is 0 Å². The van der Waals surface area contributed by atoms with Gasteiger partial charge in [-0.2, -0.15) is 0 Å². The van der Waals surface area contributed by atoms with Crippen molar-refractivity contribution in [3.05, 3.63) is 0 Å². The monoisotopic (exact) mass is 136 g/mol. The summed E-state index contributed by atoms with van der Waals surface area (Å²) in [6.07, 6.45) is 0. The second-order valence-electron chi connectivity index (χ2n) is 1.83. The summed E-state index contributed by atoms with van der Waals surface area (Å²) < 4.78 is 12.1. The Kier molecular flexibility index (Phi) is 1.41. The Hall–Kier alpha value is 0.110. The van der Waals surface area contributed by atoms with Crippen LogP contribution in [0.4, 0.5) is 0 Å². The Labute approximate surface area is 48.1 Å². The summed E-state index contributed by atoms with van der Waals surface area (Å²) in [6.45, 7) is 1.28. The topological polar surface area (TPSA) is 52.6 Å². The van der Waals surface area contributed by atoms with Gasteiger partial charge in [0.05, 0.1) is 0 Å². The van der Waals surface area contributed by atoms with Crippen molar-refractivity contribution in [2.45, 2.75) is 0 Å². The molecule has 8 heavy (non-hydrogen) atoms. The molecule has 0 spiro atoms. The molecule has 2 N–H and O–H groups in total. The molecule has 1 aliphatic rings. The molecule has 0 bridgehead atoms. The average Bonchev–Trinajstić information content (AvgIpc) is 1.86. The molecular formula is C3H9N2O2P. The van der Waals surface area contributed by atoms with E-state index in [0.717, 1.165) is 0 Å². The van der Waals surface area contributed by atoms with E-state index in [1.54, 1.807) is 7.05 Å². The number of nitrogens with zero attached hydrogens (tertiary/aromatic N) is 1. The summed E-state index contributed by atoms with van der Waals surface area (Å²) in [4.78, 5) is 8.83. The van der Waals surface area contributed by atoms with E-state index in [2.05, 4.69) is 5.09 Å². The van der Waals surface area contributed by atoms with Gasteiger partial charge >= 0.3 is 7.67 Å². The fraction of sp³-hybridized carbons (Fsp3) is 1.00. The number of nitrogens with one attached hydrogen (secondary N) is 1. The zero-order valence-electron chi connectivity index (χ0n) is 4.66. The molecule has 1 fully saturated rings. The van der Waals surface area contributed by atoms with Gasteiger partial charge in [-0.15, -0.1) is 0 Å². The van der Waals surface area contributed by atoms with Gasteiger partial charge in [0.15, 0.2) is 0 Å². The molecule has 1 rings (SSSR count). The van der Waals surface area contributed by atoms with Gasteiger partial charge in [-0.1, -0.05) is 0 Å². The van der Waals surface area contributed by atoms with E-state index >= 15 is 0 Å². The van der Waals surface area contributed by atoms with Crippen molar-refractivity contribution in [3.8, 4) is 0 Å². The van der Waals surface area contributed by atoms with Crippen LogP contribution in [-0.2, 0) is 4.57 Å². The first-order valence-electron chi connectivity index (χ1n) is 2.42. The molecule has 0 aromatic carbocycles. The highest BCUT2D eigenvalue weighted by molar-refractivity contribution is 7.53. The predicted molar refractivity (Wildman–Crippen MR) is 30.5 cm³/mol. The highest BCUT2D eigenvalue weighted by Crippen LogP contribution is 2.41. The minimum atomic E-state index is -3.05. The first kappa shape index (κ1) is 6.23. The SMILES string of the molecule is CN1CCNP1(=O)O. The lowest BCUT2D eigenvalue weighted by atomic mass is 10.7. The van der Waals surface area contributed by atoms with E-state index in [9.17, 15) is 4.57 Å². The quantitative estimate of drug-likeness (QED) is 0.446. The highest BCUT2D eigenvalue weighted by atomic mass is 31.2. The molecule has 0 saturated carbocycles. The van der Waals surface area contributed by atoms with Crippen LogP contribution in [0.5, 0.6) is 0 Å². The maximum Gasteiger partial charge on any atom is 0.340 e. The first-order valence-corrected chi connectivity index (χ1v) is 4.04.